The number of aryl methyl sites for hydroxylation is 1. The van der Waals surface area contributed by atoms with E-state index in [9.17, 15) is 4.79 Å². The third kappa shape index (κ3) is 5.11. The molecule has 2 aromatic rings. The molecule has 0 saturated heterocycles. The van der Waals surface area contributed by atoms with E-state index in [0.29, 0.717) is 18.9 Å². The number of benzene rings is 1. The minimum absolute atomic E-state index is 0.358. The van der Waals surface area contributed by atoms with Gasteiger partial charge in [-0.2, -0.15) is 0 Å². The van der Waals surface area contributed by atoms with E-state index in [1.807, 2.05) is 31.2 Å². The van der Waals surface area contributed by atoms with Gasteiger partial charge in [0.05, 0.1) is 19.4 Å². The van der Waals surface area contributed by atoms with Gasteiger partial charge in [-0.3, -0.25) is 0 Å². The van der Waals surface area contributed by atoms with Gasteiger partial charge in [0, 0.05) is 5.75 Å². The first-order chi connectivity index (χ1) is 10.7. The number of hydrogen-bond acceptors (Lipinski definition) is 5. The summed E-state index contributed by atoms with van der Waals surface area (Å²) in [5, 5.41) is 0.721. The number of H-pyrrole nitrogens is 1. The monoisotopic (exact) mass is 320 g/mol. The molecule has 2 rings (SSSR count). The molecule has 0 spiro atoms. The van der Waals surface area contributed by atoms with Crippen LogP contribution >= 0.6 is 11.8 Å². The molecule has 1 N–H and O–H groups in total. The summed E-state index contributed by atoms with van der Waals surface area (Å²) >= 11 is 1.56. The van der Waals surface area contributed by atoms with Crippen LogP contribution in [0.5, 0.6) is 5.75 Å². The molecular formula is C16H20N2O3S. The second-order valence-electron chi connectivity index (χ2n) is 4.69. The number of thioether (sulfide) groups is 1. The summed E-state index contributed by atoms with van der Waals surface area (Å²) < 4.78 is 10.6. The summed E-state index contributed by atoms with van der Waals surface area (Å²) in [6.07, 6.45) is 2.40. The Hall–Kier alpha value is -1.95. The van der Waals surface area contributed by atoms with E-state index in [0.717, 1.165) is 23.1 Å². The van der Waals surface area contributed by atoms with Crippen LogP contribution in [-0.2, 0) is 4.74 Å². The molecule has 22 heavy (non-hydrogen) atoms. The lowest BCUT2D eigenvalue weighted by Gasteiger charge is -2.06. The maximum atomic E-state index is 11.5. The van der Waals surface area contributed by atoms with Gasteiger partial charge >= 0.3 is 5.97 Å². The van der Waals surface area contributed by atoms with E-state index >= 15 is 0 Å². The van der Waals surface area contributed by atoms with Crippen molar-refractivity contribution < 1.29 is 14.3 Å². The van der Waals surface area contributed by atoms with Gasteiger partial charge in [-0.1, -0.05) is 23.9 Å². The topological polar surface area (TPSA) is 64.2 Å². The highest BCUT2D eigenvalue weighted by molar-refractivity contribution is 7.99. The molecule has 0 unspecified atom stereocenters. The number of aromatic nitrogens is 2. The van der Waals surface area contributed by atoms with Gasteiger partial charge in [0.1, 0.15) is 11.4 Å². The Morgan fingerprint density at radius 1 is 1.41 bits per heavy atom. The fourth-order valence-corrected chi connectivity index (χ4v) is 2.58. The zero-order valence-corrected chi connectivity index (χ0v) is 13.6. The van der Waals surface area contributed by atoms with Crippen molar-refractivity contribution in [2.45, 2.75) is 25.4 Å². The van der Waals surface area contributed by atoms with Crippen molar-refractivity contribution in [3.63, 3.8) is 0 Å². The van der Waals surface area contributed by atoms with Crippen molar-refractivity contribution in [1.82, 2.24) is 9.97 Å². The predicted octanol–water partition coefficient (Wildman–Crippen LogP) is 3.46. The molecular weight excluding hydrogens is 300 g/mol. The average molecular weight is 320 g/mol. The molecule has 1 aromatic heterocycles. The first kappa shape index (κ1) is 16.4. The Balaban J connectivity index is 1.67. The molecule has 1 aromatic carbocycles. The highest BCUT2D eigenvalue weighted by Gasteiger charge is 2.10. The van der Waals surface area contributed by atoms with E-state index in [-0.39, 0.29) is 5.97 Å². The third-order valence-electron chi connectivity index (χ3n) is 2.83. The minimum atomic E-state index is -0.371. The predicted molar refractivity (Wildman–Crippen MR) is 86.6 cm³/mol. The van der Waals surface area contributed by atoms with Gasteiger partial charge in [0.25, 0.3) is 0 Å². The summed E-state index contributed by atoms with van der Waals surface area (Å²) in [6, 6.07) is 8.00. The van der Waals surface area contributed by atoms with Crippen LogP contribution < -0.4 is 4.74 Å². The normalized spacial score (nSPS) is 10.5. The van der Waals surface area contributed by atoms with Gasteiger partial charge < -0.3 is 14.5 Å². The van der Waals surface area contributed by atoms with Crippen molar-refractivity contribution >= 4 is 17.7 Å². The molecule has 0 atom stereocenters. The number of ether oxygens (including phenoxy) is 2. The standard InChI is InChI=1S/C16H20N2O3S/c1-3-20-15(19)14-11-17-16(18-14)22-9-5-8-21-13-7-4-6-12(2)10-13/h4,6-7,10-11H,3,5,8-9H2,1-2H3,(H,17,18). The molecule has 1 heterocycles. The number of rotatable bonds is 8. The summed E-state index contributed by atoms with van der Waals surface area (Å²) in [6.45, 7) is 4.83. The van der Waals surface area contributed by atoms with Gasteiger partial charge in [-0.25, -0.2) is 9.78 Å². The highest BCUT2D eigenvalue weighted by atomic mass is 32.2. The summed E-state index contributed by atoms with van der Waals surface area (Å²) in [4.78, 5) is 18.6. The number of imidazole rings is 1. The molecule has 5 nitrogen and oxygen atoms in total. The summed E-state index contributed by atoms with van der Waals surface area (Å²) in [7, 11) is 0. The van der Waals surface area contributed by atoms with Crippen LogP contribution in [0.3, 0.4) is 0 Å². The van der Waals surface area contributed by atoms with Crippen LogP contribution in [0.15, 0.2) is 35.6 Å². The van der Waals surface area contributed by atoms with Crippen molar-refractivity contribution in [3.8, 4) is 5.75 Å². The lowest BCUT2D eigenvalue weighted by molar-refractivity contribution is 0.0519. The first-order valence-electron chi connectivity index (χ1n) is 7.23. The molecule has 0 fully saturated rings. The molecule has 0 aliphatic carbocycles. The Morgan fingerprint density at radius 3 is 3.05 bits per heavy atom. The second-order valence-corrected chi connectivity index (χ2v) is 5.77. The minimum Gasteiger partial charge on any atom is -0.494 e. The van der Waals surface area contributed by atoms with Crippen LogP contribution in [0.4, 0.5) is 0 Å². The van der Waals surface area contributed by atoms with Crippen molar-refractivity contribution in [3.05, 3.63) is 41.7 Å². The quantitative estimate of drug-likeness (QED) is 0.458. The van der Waals surface area contributed by atoms with E-state index in [1.54, 1.807) is 18.7 Å². The summed E-state index contributed by atoms with van der Waals surface area (Å²) in [5.74, 6) is 1.39. The molecule has 0 radical (unpaired) electrons. The zero-order chi connectivity index (χ0) is 15.8. The SMILES string of the molecule is CCOC(=O)c1cnc(SCCCOc2cccc(C)c2)[nH]1. The molecule has 0 saturated carbocycles. The average Bonchev–Trinajstić information content (AvgIpc) is 2.96. The smallest absolute Gasteiger partial charge is 0.356 e. The number of nitrogens with one attached hydrogen (secondary N) is 1. The fourth-order valence-electron chi connectivity index (χ4n) is 1.81. The van der Waals surface area contributed by atoms with Crippen molar-refractivity contribution in [2.24, 2.45) is 0 Å². The highest BCUT2D eigenvalue weighted by Crippen LogP contribution is 2.16. The van der Waals surface area contributed by atoms with Gasteiger partial charge in [-0.05, 0) is 38.0 Å². The van der Waals surface area contributed by atoms with Crippen molar-refractivity contribution in [2.75, 3.05) is 19.0 Å². The molecule has 0 aliphatic heterocycles. The fraction of sp³-hybridized carbons (Fsp3) is 0.375. The van der Waals surface area contributed by atoms with E-state index < -0.39 is 0 Å². The van der Waals surface area contributed by atoms with Gasteiger partial charge in [0.2, 0.25) is 0 Å². The number of nitrogens with zero attached hydrogens (tertiary/aromatic N) is 1. The number of carbonyl (C=O) groups is 1. The first-order valence-corrected chi connectivity index (χ1v) is 8.22. The van der Waals surface area contributed by atoms with E-state index in [1.165, 1.54) is 11.8 Å². The maximum absolute atomic E-state index is 11.5. The zero-order valence-electron chi connectivity index (χ0n) is 12.8. The molecule has 0 aliphatic rings. The molecule has 6 heteroatoms. The van der Waals surface area contributed by atoms with Crippen LogP contribution in [-0.4, -0.2) is 34.9 Å². The van der Waals surface area contributed by atoms with Crippen LogP contribution in [0.25, 0.3) is 0 Å². The third-order valence-corrected chi connectivity index (χ3v) is 3.81. The number of aromatic amines is 1. The van der Waals surface area contributed by atoms with Crippen molar-refractivity contribution in [1.29, 1.82) is 0 Å². The Morgan fingerprint density at radius 2 is 2.27 bits per heavy atom. The van der Waals surface area contributed by atoms with Gasteiger partial charge in [-0.15, -0.1) is 0 Å². The molecule has 0 amide bonds. The maximum Gasteiger partial charge on any atom is 0.356 e. The Kier molecular flexibility index (Phi) is 6.33. The number of hydrogen-bond donors (Lipinski definition) is 1. The summed E-state index contributed by atoms with van der Waals surface area (Å²) in [5.41, 5.74) is 1.58. The largest absolute Gasteiger partial charge is 0.494 e. The van der Waals surface area contributed by atoms with E-state index in [4.69, 9.17) is 9.47 Å². The second kappa shape index (κ2) is 8.48. The molecule has 0 bridgehead atoms. The van der Waals surface area contributed by atoms with Gasteiger partial charge in [0.15, 0.2) is 5.16 Å². The molecule has 118 valence electrons. The van der Waals surface area contributed by atoms with Crippen LogP contribution in [0.1, 0.15) is 29.4 Å². The van der Waals surface area contributed by atoms with E-state index in [2.05, 4.69) is 9.97 Å². The lowest BCUT2D eigenvalue weighted by Crippen LogP contribution is -2.04. The lowest BCUT2D eigenvalue weighted by atomic mass is 10.2. The number of carbonyl (C=O) groups excluding carboxylic acids is 1. The number of esters is 1. The van der Waals surface area contributed by atoms with Crippen LogP contribution in [0.2, 0.25) is 0 Å². The Bertz CT molecular complexity index is 613. The Labute approximate surface area is 134 Å². The van der Waals surface area contributed by atoms with Crippen LogP contribution in [0, 0.1) is 6.92 Å².